The van der Waals surface area contributed by atoms with Crippen LogP contribution >= 0.6 is 0 Å². The number of ether oxygens (including phenoxy) is 1. The third-order valence-electron chi connectivity index (χ3n) is 18.9. The second-order valence-electron chi connectivity index (χ2n) is 27.0. The monoisotopic (exact) mass is 1330 g/mol. The van der Waals surface area contributed by atoms with E-state index in [2.05, 4.69) is 58.5 Å². The number of nitrogens with zero attached hydrogens (tertiary/aromatic N) is 4. The Morgan fingerprint density at radius 3 is 1.65 bits per heavy atom. The summed E-state index contributed by atoms with van der Waals surface area (Å²) in [4.78, 5) is 4.91. The number of aromatic nitrogens is 4. The fourth-order valence-corrected chi connectivity index (χ4v) is 17.7. The van der Waals surface area contributed by atoms with E-state index in [1.165, 1.54) is 18.2 Å². The average Bonchev–Trinajstić information content (AvgIpc) is 1.31. The summed E-state index contributed by atoms with van der Waals surface area (Å²) >= 11 is 0. The Morgan fingerprint density at radius 2 is 1.00 bits per heavy atom. The third kappa shape index (κ3) is 10.5. The third-order valence-corrected chi connectivity index (χ3v) is 22.9. The van der Waals surface area contributed by atoms with Crippen LogP contribution < -0.4 is 30.1 Å². The van der Waals surface area contributed by atoms with Crippen LogP contribution in [0, 0.1) is 20.0 Å². The molecule has 1 aliphatic heterocycles. The zero-order chi connectivity index (χ0) is 89.6. The van der Waals surface area contributed by atoms with E-state index in [0.29, 0.717) is 78.7 Å². The van der Waals surface area contributed by atoms with Crippen LogP contribution in [-0.2, 0) is 10.8 Å². The van der Waals surface area contributed by atoms with Gasteiger partial charge in [0.2, 0.25) is 0 Å². The van der Waals surface area contributed by atoms with Crippen molar-refractivity contribution < 1.29 is 43.6 Å². The summed E-state index contributed by atoms with van der Waals surface area (Å²) in [7, 11) is -6.39. The molecular formula is C94H76N4OSi. The van der Waals surface area contributed by atoms with Gasteiger partial charge < -0.3 is 4.74 Å². The minimum atomic E-state index is -6.39. The molecule has 0 spiro atoms. The number of benzene rings is 13. The zero-order valence-corrected chi connectivity index (χ0v) is 56.2. The molecule has 0 fully saturated rings. The van der Waals surface area contributed by atoms with Gasteiger partial charge in [-0.25, -0.2) is 4.98 Å². The number of hydrogen-bond acceptors (Lipinski definition) is 2. The molecule has 0 bridgehead atoms. The smallest absolute Gasteiger partial charge is 0.269 e. The highest BCUT2D eigenvalue weighted by Crippen LogP contribution is 2.49. The van der Waals surface area contributed by atoms with Crippen LogP contribution in [0.25, 0.3) is 117 Å². The van der Waals surface area contributed by atoms with Gasteiger partial charge in [-0.15, -0.1) is 0 Å². The van der Waals surface area contributed by atoms with Gasteiger partial charge in [0.15, 0.2) is 8.07 Å². The summed E-state index contributed by atoms with van der Waals surface area (Å²) in [6.07, 6.45) is 5.57. The van der Waals surface area contributed by atoms with E-state index in [1.807, 2.05) is 120 Å². The topological polar surface area (TPSA) is 35.9 Å². The quantitative estimate of drug-likeness (QED) is 0.0560. The van der Waals surface area contributed by atoms with Gasteiger partial charge in [-0.1, -0.05) is 278 Å². The Kier molecular flexibility index (Phi) is 9.81. The number of para-hydroxylation sites is 1. The molecule has 17 rings (SSSR count). The van der Waals surface area contributed by atoms with Gasteiger partial charge in [-0.2, -0.15) is 0 Å². The highest BCUT2D eigenvalue weighted by molar-refractivity contribution is 7.20. The first-order valence-electron chi connectivity index (χ1n) is 45.3. The van der Waals surface area contributed by atoms with Crippen LogP contribution in [0.2, 0.25) is 0 Å². The fraction of sp³-hybridized carbons (Fsp3) is 0.106. The first kappa shape index (κ1) is 40.3. The van der Waals surface area contributed by atoms with E-state index >= 15 is 0 Å². The highest BCUT2D eigenvalue weighted by atomic mass is 28.3. The summed E-state index contributed by atoms with van der Waals surface area (Å²) in [6, 6.07) is 37.8. The lowest BCUT2D eigenvalue weighted by atomic mass is 9.84. The summed E-state index contributed by atoms with van der Waals surface area (Å²) in [5, 5.41) is -2.09. The molecule has 13 aromatic carbocycles. The average molecular weight is 1330 g/mol. The Hall–Kier alpha value is -11.7. The zero-order valence-electron chi connectivity index (χ0n) is 80.2. The van der Waals surface area contributed by atoms with Crippen molar-refractivity contribution in [3.8, 4) is 95.5 Å². The molecule has 482 valence electrons. The molecule has 100 heavy (non-hydrogen) atoms. The van der Waals surface area contributed by atoms with Gasteiger partial charge >= 0.3 is 0 Å². The molecule has 0 unspecified atom stereocenters. The second-order valence-corrected chi connectivity index (χ2v) is 30.5. The summed E-state index contributed by atoms with van der Waals surface area (Å²) < 4.78 is 252. The molecule has 16 aromatic rings. The largest absolute Gasteiger partial charge is 0.458 e. The number of hydrogen-bond donors (Lipinski definition) is 0. The maximum Gasteiger partial charge on any atom is 0.269 e. The molecule has 0 saturated carbocycles. The lowest BCUT2D eigenvalue weighted by molar-refractivity contribution is -0.570. The second kappa shape index (κ2) is 24.4. The van der Waals surface area contributed by atoms with Gasteiger partial charge in [0, 0.05) is 31.3 Å². The van der Waals surface area contributed by atoms with Crippen LogP contribution in [0.5, 0.6) is 11.5 Å². The summed E-state index contributed by atoms with van der Waals surface area (Å²) in [5.41, 5.74) is 7.27. The van der Waals surface area contributed by atoms with Gasteiger partial charge in [0.05, 0.1) is 59.5 Å². The predicted molar refractivity (Wildman–Crippen MR) is 419 cm³/mol. The fourth-order valence-electron chi connectivity index (χ4n) is 14.1. The Morgan fingerprint density at radius 1 is 0.430 bits per heavy atom. The number of aryl methyl sites for hydroxylation is 2. The molecular weight excluding hydrogens is 1230 g/mol. The van der Waals surface area contributed by atoms with Crippen molar-refractivity contribution in [2.24, 2.45) is 0 Å². The first-order chi connectivity index (χ1) is 59.0. The van der Waals surface area contributed by atoms with Crippen LogP contribution in [0.15, 0.2) is 315 Å². The summed E-state index contributed by atoms with van der Waals surface area (Å²) in [6.45, 7) is 6.87. The maximum absolute atomic E-state index is 11.2. The Labute approximate surface area is 622 Å². The van der Waals surface area contributed by atoms with Crippen molar-refractivity contribution in [2.75, 3.05) is 0 Å². The van der Waals surface area contributed by atoms with Crippen LogP contribution in [0.4, 0.5) is 0 Å². The standard InChI is InChI=1S/C94H76N4OSi/c1-62-27-24-28-63(2)90(62)67-55-83(64-45-47-68(48-46-64)93(3,4)5)91-84(56-67)79-41-20-18-39-77(79)78-40-19-21-42-80(78)85-54-66(65-29-25-38-76(53-65)100(73-32-12-9-13-33-73,74-34-14-10-15-35-74)75-36-16-11-17-37-75)57-88-92(85)97(91)61-96(88)70-30-26-31-71(59-70)99-72-49-50-82-81-43-22-23-44-86(81)98(87(82)60-72)89-58-69(51-52-95-89)94(6,7)8/h9-60H,1-8H3/i1D3,2D3,9D,10D,11D,12D,13D,14D,15D,16D,17D,25D,29D,32D,33D,34D,35D,36D,37D,38D,53D. The SMILES string of the molecule is [2H]c1c([2H])c([2H])c([Si](c2c([2H])c([2H])c([2H])c([2H])c2[2H])(c2c([2H])c([2H])c([2H])c([2H])c2[2H])c2c([2H])c([2H])c([2H])c(-c3cc4c5c(c3)n(-c3cccc(Oc6ccc7c8ccccc8n(-c8cc(C(C)(C)C)ccn8)c7c6)c3)[c-][n+]5-c3c(-c5ccc(C(C)(C)C)cc5)cc(-c5c(C([2H])([2H])[2H])cccc5C([2H])([2H])[2H])cc3-c3ccccc3-c3ccccc3-4)c2[2H])c([2H])c1[2H]. The Bertz CT molecular complexity index is 7030. The van der Waals surface area contributed by atoms with Crippen LogP contribution in [0.3, 0.4) is 0 Å². The van der Waals surface area contributed by atoms with E-state index in [4.69, 9.17) is 22.1 Å². The molecule has 0 N–H and O–H groups in total. The molecule has 3 aromatic heterocycles. The number of fused-ring (bicyclic) bond motifs is 10. The maximum atomic E-state index is 11.2. The number of imidazole rings is 1. The van der Waals surface area contributed by atoms with Crippen molar-refractivity contribution in [1.29, 1.82) is 0 Å². The highest BCUT2D eigenvalue weighted by Gasteiger charge is 2.42. The molecule has 0 aliphatic carbocycles. The molecule has 0 atom stereocenters. The van der Waals surface area contributed by atoms with Crippen molar-refractivity contribution in [3.05, 3.63) is 344 Å². The molecule has 0 amide bonds. The lowest BCUT2D eigenvalue weighted by Crippen LogP contribution is -2.74. The minimum Gasteiger partial charge on any atom is -0.458 e. The minimum absolute atomic E-state index is 0.0489. The van der Waals surface area contributed by atoms with Gasteiger partial charge in [-0.3, -0.25) is 13.7 Å². The molecule has 4 heterocycles. The Balaban J connectivity index is 1.04. The van der Waals surface area contributed by atoms with E-state index in [1.54, 1.807) is 65.4 Å². The predicted octanol–water partition coefficient (Wildman–Crippen LogP) is 20.9. The van der Waals surface area contributed by atoms with Crippen LogP contribution in [-0.4, -0.2) is 22.2 Å². The van der Waals surface area contributed by atoms with Gasteiger partial charge in [-0.05, 0) is 201 Å². The van der Waals surface area contributed by atoms with E-state index in [0.717, 1.165) is 32.9 Å². The normalized spacial score (nSPS) is 16.0. The van der Waals surface area contributed by atoms with Crippen molar-refractivity contribution in [1.82, 2.24) is 14.1 Å². The van der Waals surface area contributed by atoms with Crippen molar-refractivity contribution in [2.45, 2.75) is 66.1 Å². The molecule has 5 nitrogen and oxygen atoms in total. The van der Waals surface area contributed by atoms with Gasteiger partial charge in [0.25, 0.3) is 6.33 Å². The molecule has 1 aliphatic rings. The molecule has 0 radical (unpaired) electrons. The van der Waals surface area contributed by atoms with Gasteiger partial charge in [0.1, 0.15) is 17.3 Å². The van der Waals surface area contributed by atoms with Crippen molar-refractivity contribution in [3.63, 3.8) is 0 Å². The molecule has 0 saturated heterocycles. The van der Waals surface area contributed by atoms with E-state index in [-0.39, 0.29) is 44.2 Å². The molecule has 6 heteroatoms. The lowest BCUT2D eigenvalue weighted by Gasteiger charge is -2.34. The number of pyridine rings is 1. The van der Waals surface area contributed by atoms with Crippen LogP contribution in [0.1, 0.15) is 98.1 Å². The number of rotatable bonds is 11. The summed E-state index contributed by atoms with van der Waals surface area (Å²) in [5.74, 6) is 1.39. The van der Waals surface area contributed by atoms with E-state index in [9.17, 15) is 21.9 Å². The van der Waals surface area contributed by atoms with E-state index < -0.39 is 163 Å². The first-order valence-corrected chi connectivity index (χ1v) is 34.8. The van der Waals surface area contributed by atoms with Crippen molar-refractivity contribution >= 4 is 61.7 Å².